The zero-order chi connectivity index (χ0) is 17.8. The van der Waals surface area contributed by atoms with E-state index in [2.05, 4.69) is 54.1 Å². The number of carbonyl (C=O) groups is 1. The highest BCUT2D eigenvalue weighted by molar-refractivity contribution is 5.82. The van der Waals surface area contributed by atoms with E-state index in [1.54, 1.807) is 7.11 Å². The van der Waals surface area contributed by atoms with Crippen LogP contribution in [0.1, 0.15) is 31.7 Å². The molecule has 6 aliphatic rings. The Hall–Kier alpha value is -1.81. The summed E-state index contributed by atoms with van der Waals surface area (Å²) in [7, 11) is 3.84. The molecule has 4 saturated heterocycles. The predicted octanol–water partition coefficient (Wildman–Crippen LogP) is 2.73. The second-order valence-electron chi connectivity index (χ2n) is 9.05. The molecular weight excluding hydrogens is 324 g/mol. The fourth-order valence-corrected chi connectivity index (χ4v) is 7.94. The molecule has 0 aromatic heterocycles. The van der Waals surface area contributed by atoms with Crippen molar-refractivity contribution in [3.8, 4) is 0 Å². The molecule has 1 aromatic carbocycles. The molecule has 5 fully saturated rings. The van der Waals surface area contributed by atoms with Gasteiger partial charge in [-0.2, -0.15) is 0 Å². The fraction of sp³-hybridized carbons (Fsp3) is 0.591. The summed E-state index contributed by atoms with van der Waals surface area (Å²) in [5.41, 5.74) is 4.03. The second kappa shape index (κ2) is 4.53. The number of likely N-dealkylation sites (N-methyl/N-ethyl adjacent to an activating group) is 1. The molecule has 1 spiro atoms. The topological polar surface area (TPSA) is 32.8 Å². The van der Waals surface area contributed by atoms with Gasteiger partial charge in [-0.1, -0.05) is 29.8 Å². The monoisotopic (exact) mass is 350 g/mol. The molecular formula is C22H26N2O2. The van der Waals surface area contributed by atoms with Gasteiger partial charge in [0.2, 0.25) is 0 Å². The summed E-state index contributed by atoms with van der Waals surface area (Å²) in [5, 5.41) is 0. The van der Waals surface area contributed by atoms with E-state index in [1.165, 1.54) is 16.8 Å². The molecule has 5 aliphatic heterocycles. The van der Waals surface area contributed by atoms with Crippen LogP contribution in [-0.2, 0) is 14.9 Å². The third kappa shape index (κ3) is 1.34. The van der Waals surface area contributed by atoms with Crippen LogP contribution in [0.3, 0.4) is 0 Å². The number of ether oxygens (including phenoxy) is 1. The van der Waals surface area contributed by atoms with E-state index >= 15 is 0 Å². The minimum absolute atomic E-state index is 0.0274. The van der Waals surface area contributed by atoms with Crippen LogP contribution in [0.2, 0.25) is 0 Å². The zero-order valence-corrected chi connectivity index (χ0v) is 15.7. The number of benzene rings is 1. The summed E-state index contributed by atoms with van der Waals surface area (Å²) in [5.74, 6) is 0.380. The molecule has 4 heteroatoms. The lowest BCUT2D eigenvalue weighted by atomic mass is 9.59. The van der Waals surface area contributed by atoms with E-state index in [-0.39, 0.29) is 16.8 Å². The molecule has 0 radical (unpaired) electrons. The lowest BCUT2D eigenvalue weighted by molar-refractivity contribution is -0.170. The quantitative estimate of drug-likeness (QED) is 0.576. The summed E-state index contributed by atoms with van der Waals surface area (Å²) in [6.45, 7) is 3.17. The number of nitrogens with zero attached hydrogens (tertiary/aromatic N) is 2. The first-order chi connectivity index (χ1) is 12.6. The number of para-hydroxylation sites is 1. The van der Waals surface area contributed by atoms with Crippen molar-refractivity contribution >= 4 is 11.7 Å². The van der Waals surface area contributed by atoms with Crippen LogP contribution >= 0.6 is 0 Å². The third-order valence-corrected chi connectivity index (χ3v) is 8.60. The Bertz CT molecular complexity index is 863. The number of hydrogen-bond acceptors (Lipinski definition) is 4. The van der Waals surface area contributed by atoms with E-state index in [0.717, 1.165) is 25.8 Å². The molecule has 2 unspecified atom stereocenters. The normalized spacial score (nSPS) is 48.0. The maximum absolute atomic E-state index is 13.3. The predicted molar refractivity (Wildman–Crippen MR) is 100 cm³/mol. The number of fused-ring (bicyclic) bond motifs is 2. The van der Waals surface area contributed by atoms with E-state index in [1.807, 2.05) is 0 Å². The maximum Gasteiger partial charge on any atom is 0.314 e. The molecule has 0 N–H and O–H groups in total. The molecule has 7 rings (SSSR count). The Labute approximate surface area is 154 Å². The van der Waals surface area contributed by atoms with Crippen LogP contribution in [-0.4, -0.2) is 49.7 Å². The summed E-state index contributed by atoms with van der Waals surface area (Å²) < 4.78 is 5.46. The van der Waals surface area contributed by atoms with Crippen molar-refractivity contribution in [3.05, 3.63) is 41.5 Å². The molecule has 1 aromatic rings. The second-order valence-corrected chi connectivity index (χ2v) is 9.05. The van der Waals surface area contributed by atoms with E-state index < -0.39 is 0 Å². The van der Waals surface area contributed by atoms with Gasteiger partial charge in [-0.3, -0.25) is 9.69 Å². The number of hydrogen-bond donors (Lipinski definition) is 0. The molecule has 1 aliphatic carbocycles. The van der Waals surface area contributed by atoms with Crippen molar-refractivity contribution in [2.24, 2.45) is 11.3 Å². The Morgan fingerprint density at radius 3 is 2.92 bits per heavy atom. The molecule has 5 heterocycles. The molecule has 0 amide bonds. The van der Waals surface area contributed by atoms with Gasteiger partial charge in [0.05, 0.1) is 18.6 Å². The average molecular weight is 350 g/mol. The number of methoxy groups -OCH3 is 1. The van der Waals surface area contributed by atoms with Gasteiger partial charge < -0.3 is 9.64 Å². The first-order valence-corrected chi connectivity index (χ1v) is 9.90. The van der Waals surface area contributed by atoms with Crippen LogP contribution in [0.25, 0.3) is 0 Å². The number of anilines is 1. The smallest absolute Gasteiger partial charge is 0.314 e. The van der Waals surface area contributed by atoms with Crippen molar-refractivity contribution < 1.29 is 9.53 Å². The number of piperidine rings is 4. The molecule has 7 atom stereocenters. The Morgan fingerprint density at radius 2 is 2.15 bits per heavy atom. The van der Waals surface area contributed by atoms with Crippen LogP contribution < -0.4 is 4.90 Å². The summed E-state index contributed by atoms with van der Waals surface area (Å²) in [4.78, 5) is 18.5. The van der Waals surface area contributed by atoms with Crippen LogP contribution in [0, 0.1) is 11.3 Å². The minimum Gasteiger partial charge on any atom is -0.469 e. The lowest BCUT2D eigenvalue weighted by Crippen LogP contribution is -2.71. The minimum atomic E-state index is -0.363. The van der Waals surface area contributed by atoms with Gasteiger partial charge in [0, 0.05) is 42.7 Å². The standard InChI is InChI=1S/C22H26N2O2/c1-4-13-11-24-17-9-15(13)22(20(25)26-3)12-21(10-18(22)24)14-7-5-6-8-16(14)23(2)19(17)21/h4-8,15,17-19H,9-12H2,1-3H3/b13-4-/t15-,17+,18-,19-,21-,22?/m1/s1. The number of carbonyl (C=O) groups excluding carboxylic acids is 1. The van der Waals surface area contributed by atoms with Crippen molar-refractivity contribution in [2.45, 2.75) is 49.7 Å². The molecule has 1 saturated carbocycles. The Balaban J connectivity index is 1.63. The van der Waals surface area contributed by atoms with Crippen molar-refractivity contribution in [2.75, 3.05) is 25.6 Å². The van der Waals surface area contributed by atoms with Crippen molar-refractivity contribution in [1.29, 1.82) is 0 Å². The SMILES string of the molecule is C/C=C1/CN2[C@H]3C[C@H]1C1(C(=O)OC)C[C@]4(C[C@@H]21)c1ccccc1N(C)[C@H]34. The Morgan fingerprint density at radius 1 is 1.35 bits per heavy atom. The Kier molecular flexibility index (Phi) is 2.66. The van der Waals surface area contributed by atoms with Crippen molar-refractivity contribution in [3.63, 3.8) is 0 Å². The summed E-state index contributed by atoms with van der Waals surface area (Å²) in [6, 6.07) is 10.3. The molecule has 26 heavy (non-hydrogen) atoms. The van der Waals surface area contributed by atoms with Gasteiger partial charge in [-0.15, -0.1) is 0 Å². The highest BCUT2D eigenvalue weighted by Gasteiger charge is 2.78. The first-order valence-electron chi connectivity index (χ1n) is 9.90. The van der Waals surface area contributed by atoms with Crippen LogP contribution in [0.5, 0.6) is 0 Å². The van der Waals surface area contributed by atoms with Gasteiger partial charge >= 0.3 is 5.97 Å². The van der Waals surface area contributed by atoms with E-state index in [0.29, 0.717) is 24.0 Å². The van der Waals surface area contributed by atoms with Gasteiger partial charge in [0.1, 0.15) is 0 Å². The number of allylic oxidation sites excluding steroid dienone is 1. The first kappa shape index (κ1) is 15.3. The molecule has 5 bridgehead atoms. The zero-order valence-electron chi connectivity index (χ0n) is 15.7. The molecule has 4 nitrogen and oxygen atoms in total. The lowest BCUT2D eigenvalue weighted by Gasteiger charge is -2.61. The van der Waals surface area contributed by atoms with Crippen LogP contribution in [0.15, 0.2) is 35.9 Å². The average Bonchev–Trinajstić information content (AvgIpc) is 3.10. The van der Waals surface area contributed by atoms with Gasteiger partial charge in [0.25, 0.3) is 0 Å². The van der Waals surface area contributed by atoms with Gasteiger partial charge in [0.15, 0.2) is 0 Å². The van der Waals surface area contributed by atoms with Gasteiger partial charge in [-0.05, 0) is 37.8 Å². The summed E-state index contributed by atoms with van der Waals surface area (Å²) >= 11 is 0. The highest BCUT2D eigenvalue weighted by Crippen LogP contribution is 2.72. The largest absolute Gasteiger partial charge is 0.469 e. The molecule has 136 valence electrons. The third-order valence-electron chi connectivity index (χ3n) is 8.60. The van der Waals surface area contributed by atoms with E-state index in [9.17, 15) is 4.79 Å². The maximum atomic E-state index is 13.3. The number of rotatable bonds is 1. The van der Waals surface area contributed by atoms with Crippen LogP contribution in [0.4, 0.5) is 5.69 Å². The van der Waals surface area contributed by atoms with Gasteiger partial charge in [-0.25, -0.2) is 0 Å². The highest BCUT2D eigenvalue weighted by atomic mass is 16.5. The van der Waals surface area contributed by atoms with E-state index in [4.69, 9.17) is 4.74 Å². The number of esters is 1. The summed E-state index contributed by atoms with van der Waals surface area (Å²) in [6.07, 6.45) is 5.39. The fourth-order valence-electron chi connectivity index (χ4n) is 7.94. The van der Waals surface area contributed by atoms with Crippen molar-refractivity contribution in [1.82, 2.24) is 4.90 Å².